The highest BCUT2D eigenvalue weighted by Gasteiger charge is 2.31. The van der Waals surface area contributed by atoms with Crippen molar-refractivity contribution in [3.8, 4) is 0 Å². The van der Waals surface area contributed by atoms with Gasteiger partial charge in [0.15, 0.2) is 0 Å². The van der Waals surface area contributed by atoms with Gasteiger partial charge in [0.25, 0.3) is 0 Å². The maximum absolute atomic E-state index is 11.1. The van der Waals surface area contributed by atoms with Gasteiger partial charge in [-0.25, -0.2) is 0 Å². The third-order valence-corrected chi connectivity index (χ3v) is 3.89. The molecule has 0 aromatic carbocycles. The second kappa shape index (κ2) is 1.71. The van der Waals surface area contributed by atoms with Crippen molar-refractivity contribution in [2.75, 3.05) is 5.75 Å². The lowest BCUT2D eigenvalue weighted by atomic mass is 10.00. The molecule has 54 valence electrons. The molecule has 0 bridgehead atoms. The molecule has 0 spiro atoms. The van der Waals surface area contributed by atoms with Crippen LogP contribution in [0.2, 0.25) is 0 Å². The summed E-state index contributed by atoms with van der Waals surface area (Å²) in [5.41, 5.74) is 0.115. The Balaban J connectivity index is 2.86. The normalized spacial score (nSPS) is 39.0. The maximum atomic E-state index is 11.1. The lowest BCUT2D eigenvalue weighted by Crippen LogP contribution is -2.49. The highest BCUT2D eigenvalue weighted by molar-refractivity contribution is 8.01. The van der Waals surface area contributed by atoms with E-state index in [4.69, 9.17) is 5.84 Å². The third-order valence-electron chi connectivity index (χ3n) is 1.30. The fraction of sp³-hybridized carbons (Fsp3) is 0.800. The first-order valence-electron chi connectivity index (χ1n) is 2.83. The zero-order chi connectivity index (χ0) is 7.12. The molecule has 0 aromatic heterocycles. The largest absolute Gasteiger partial charge is 0.260 e. The van der Waals surface area contributed by atoms with Crippen LogP contribution in [-0.2, 0) is 9.71 Å². The van der Waals surface area contributed by atoms with E-state index in [9.17, 15) is 4.21 Å². The molecule has 0 amide bonds. The van der Waals surface area contributed by atoms with Gasteiger partial charge in [-0.05, 0) is 5.37 Å². The van der Waals surface area contributed by atoms with E-state index in [2.05, 4.69) is 4.83 Å². The van der Waals surface area contributed by atoms with Crippen LogP contribution in [0.3, 0.4) is 0 Å². The van der Waals surface area contributed by atoms with E-state index < -0.39 is 9.71 Å². The first-order valence-corrected chi connectivity index (χ1v) is 4.62. The molecule has 0 radical (unpaired) electrons. The molecule has 0 aromatic rings. The van der Waals surface area contributed by atoms with E-state index >= 15 is 0 Å². The van der Waals surface area contributed by atoms with Crippen molar-refractivity contribution in [1.82, 2.24) is 4.83 Å². The molecule has 0 fully saturated rings. The number of hydrogen-bond donors (Lipinski definition) is 2. The Labute approximate surface area is 55.7 Å². The summed E-state index contributed by atoms with van der Waals surface area (Å²) >= 11 is 0. The molecular weight excluding hydrogens is 136 g/mol. The first kappa shape index (κ1) is 7.05. The molecule has 0 saturated heterocycles. The molecule has 1 heterocycles. The minimum Gasteiger partial charge on any atom is -0.260 e. The lowest BCUT2D eigenvalue weighted by Gasteiger charge is -2.33. The summed E-state index contributed by atoms with van der Waals surface area (Å²) < 4.78 is 11.1. The molecule has 1 rings (SSSR count). The monoisotopic (exact) mass is 148 g/mol. The van der Waals surface area contributed by atoms with E-state index in [-0.39, 0.29) is 5.41 Å². The zero-order valence-electron chi connectivity index (χ0n) is 5.68. The predicted octanol–water partition coefficient (Wildman–Crippen LogP) is -0.509. The molecule has 1 atom stereocenters. The standard InChI is InChI=1S/C5H12N2OS/c1-5(2)3-9(8,4-5)7-6/h3H,4,6H2,1-2H3,(H,7,8). The molecule has 4 heteroatoms. The molecule has 3 nitrogen and oxygen atoms in total. The molecule has 0 saturated carbocycles. The summed E-state index contributed by atoms with van der Waals surface area (Å²) in [5, 5.41) is 1.78. The summed E-state index contributed by atoms with van der Waals surface area (Å²) in [7, 11) is -1.93. The van der Waals surface area contributed by atoms with Gasteiger partial charge in [-0.15, -0.1) is 0 Å². The van der Waals surface area contributed by atoms with Crippen molar-refractivity contribution in [2.24, 2.45) is 11.3 Å². The Morgan fingerprint density at radius 1 is 1.78 bits per heavy atom. The number of nitrogens with two attached hydrogens (primary N) is 1. The van der Waals surface area contributed by atoms with Crippen molar-refractivity contribution in [3.05, 3.63) is 0 Å². The van der Waals surface area contributed by atoms with Crippen molar-refractivity contribution in [1.29, 1.82) is 0 Å². The minimum atomic E-state index is -1.93. The van der Waals surface area contributed by atoms with Crippen LogP contribution < -0.4 is 10.7 Å². The van der Waals surface area contributed by atoms with Gasteiger partial charge in [0.1, 0.15) is 0 Å². The van der Waals surface area contributed by atoms with Crippen LogP contribution in [0.5, 0.6) is 0 Å². The Morgan fingerprint density at radius 3 is 2.33 bits per heavy atom. The van der Waals surface area contributed by atoms with Crippen LogP contribution in [0.15, 0.2) is 0 Å². The molecule has 1 unspecified atom stereocenters. The van der Waals surface area contributed by atoms with Crippen LogP contribution >= 0.6 is 0 Å². The average Bonchev–Trinajstić information content (AvgIpc) is 1.61. The number of rotatable bonds is 1. The number of hydrogen-bond acceptors (Lipinski definition) is 2. The minimum absolute atomic E-state index is 0.115. The molecule has 1 aliphatic rings. The third kappa shape index (κ3) is 1.26. The number of hydrazine groups is 1. The van der Waals surface area contributed by atoms with Crippen molar-refractivity contribution < 1.29 is 4.21 Å². The molecular formula is C5H12N2OS. The Hall–Kier alpha value is -0.0600. The van der Waals surface area contributed by atoms with Crippen LogP contribution in [-0.4, -0.2) is 15.3 Å². The topological polar surface area (TPSA) is 55.1 Å². The first-order chi connectivity index (χ1) is 3.97. The Morgan fingerprint density at radius 2 is 2.22 bits per heavy atom. The Kier molecular flexibility index (Phi) is 1.34. The van der Waals surface area contributed by atoms with Crippen molar-refractivity contribution >= 4 is 15.1 Å². The summed E-state index contributed by atoms with van der Waals surface area (Å²) in [6.07, 6.45) is 0. The summed E-state index contributed by atoms with van der Waals surface area (Å²) in [6.45, 7) is 4.07. The smallest absolute Gasteiger partial charge is 0.0419 e. The van der Waals surface area contributed by atoms with Crippen molar-refractivity contribution in [2.45, 2.75) is 13.8 Å². The van der Waals surface area contributed by atoms with Gasteiger partial charge < -0.3 is 0 Å². The second-order valence-electron chi connectivity index (χ2n) is 3.09. The van der Waals surface area contributed by atoms with Gasteiger partial charge in [0, 0.05) is 20.9 Å². The fourth-order valence-electron chi connectivity index (χ4n) is 1.12. The van der Waals surface area contributed by atoms with E-state index in [0.717, 1.165) is 0 Å². The molecule has 0 aliphatic carbocycles. The summed E-state index contributed by atoms with van der Waals surface area (Å²) in [4.78, 5) is 2.31. The second-order valence-corrected chi connectivity index (χ2v) is 5.31. The lowest BCUT2D eigenvalue weighted by molar-refractivity contribution is 0.575. The number of nitrogens with one attached hydrogen (secondary N) is 1. The molecule has 3 N–H and O–H groups in total. The van der Waals surface area contributed by atoms with E-state index in [1.54, 1.807) is 5.37 Å². The highest BCUT2D eigenvalue weighted by Crippen LogP contribution is 2.23. The highest BCUT2D eigenvalue weighted by atomic mass is 32.2. The van der Waals surface area contributed by atoms with Crippen LogP contribution in [0.1, 0.15) is 13.8 Å². The van der Waals surface area contributed by atoms with Gasteiger partial charge in [-0.3, -0.25) is 10.1 Å². The van der Waals surface area contributed by atoms with E-state index in [1.807, 2.05) is 13.8 Å². The summed E-state index contributed by atoms with van der Waals surface area (Å²) in [5.74, 6) is 5.70. The predicted molar refractivity (Wildman–Crippen MR) is 40.2 cm³/mol. The van der Waals surface area contributed by atoms with Crippen LogP contribution in [0.25, 0.3) is 0 Å². The average molecular weight is 148 g/mol. The van der Waals surface area contributed by atoms with Gasteiger partial charge in [-0.1, -0.05) is 13.8 Å². The van der Waals surface area contributed by atoms with Gasteiger partial charge in [0.2, 0.25) is 0 Å². The fourth-order valence-corrected chi connectivity index (χ4v) is 3.36. The quantitative estimate of drug-likeness (QED) is 0.299. The summed E-state index contributed by atoms with van der Waals surface area (Å²) in [6, 6.07) is 0. The Bertz CT molecular complexity index is 225. The van der Waals surface area contributed by atoms with Crippen LogP contribution in [0, 0.1) is 5.41 Å². The van der Waals surface area contributed by atoms with Crippen LogP contribution in [0.4, 0.5) is 0 Å². The van der Waals surface area contributed by atoms with Gasteiger partial charge in [-0.2, -0.15) is 4.83 Å². The molecule has 9 heavy (non-hydrogen) atoms. The van der Waals surface area contributed by atoms with Gasteiger partial charge >= 0.3 is 0 Å². The SMILES string of the molecule is CC1(C)C=S(=O)(NN)C1. The molecule has 1 aliphatic heterocycles. The van der Waals surface area contributed by atoms with Crippen molar-refractivity contribution in [3.63, 3.8) is 0 Å². The maximum Gasteiger partial charge on any atom is 0.0419 e. The van der Waals surface area contributed by atoms with E-state index in [0.29, 0.717) is 5.75 Å². The zero-order valence-corrected chi connectivity index (χ0v) is 6.49. The van der Waals surface area contributed by atoms with Gasteiger partial charge in [0.05, 0.1) is 0 Å². The van der Waals surface area contributed by atoms with E-state index in [1.165, 1.54) is 0 Å².